The predicted molar refractivity (Wildman–Crippen MR) is 109 cm³/mol. The fourth-order valence-electron chi connectivity index (χ4n) is 3.84. The van der Waals surface area contributed by atoms with Gasteiger partial charge in [-0.15, -0.1) is 0 Å². The molecule has 1 aliphatic carbocycles. The number of hydrogen-bond donors (Lipinski definition) is 2. The molecular weight excluding hydrogens is 378 g/mol. The van der Waals surface area contributed by atoms with E-state index in [0.29, 0.717) is 22.1 Å². The fourth-order valence-corrected chi connectivity index (χ4v) is 3.97. The van der Waals surface area contributed by atoms with Gasteiger partial charge in [-0.05, 0) is 48.2 Å². The standard InChI is InChI=1S/C22H26ClNO4/c1-27-19-12-9-15(13-20(19)28-2)17-5-3-4-6-18(17)24-22(26)21(25)14-7-10-16(23)11-8-14/h7-13,17-18,21,25H,3-6H2,1-2H3,(H,24,26)/t17-,18+,21?/m1/s1. The Morgan fingerprint density at radius 1 is 1.07 bits per heavy atom. The second-order valence-corrected chi connectivity index (χ2v) is 7.51. The van der Waals surface area contributed by atoms with Gasteiger partial charge in [0.25, 0.3) is 5.91 Å². The molecule has 0 radical (unpaired) electrons. The highest BCUT2D eigenvalue weighted by atomic mass is 35.5. The Morgan fingerprint density at radius 3 is 2.43 bits per heavy atom. The molecule has 2 aromatic carbocycles. The zero-order valence-corrected chi connectivity index (χ0v) is 16.9. The zero-order valence-electron chi connectivity index (χ0n) is 16.2. The van der Waals surface area contributed by atoms with Crippen molar-refractivity contribution < 1.29 is 19.4 Å². The first-order valence-electron chi connectivity index (χ1n) is 9.49. The van der Waals surface area contributed by atoms with Gasteiger partial charge >= 0.3 is 0 Å². The normalized spacial score (nSPS) is 20.3. The van der Waals surface area contributed by atoms with E-state index < -0.39 is 6.10 Å². The maximum absolute atomic E-state index is 12.7. The van der Waals surface area contributed by atoms with E-state index in [2.05, 4.69) is 5.32 Å². The summed E-state index contributed by atoms with van der Waals surface area (Å²) in [6.07, 6.45) is 2.78. The molecule has 0 heterocycles. The van der Waals surface area contributed by atoms with Crippen molar-refractivity contribution in [2.24, 2.45) is 0 Å². The summed E-state index contributed by atoms with van der Waals surface area (Å²) >= 11 is 5.88. The zero-order chi connectivity index (χ0) is 20.1. The van der Waals surface area contributed by atoms with Crippen molar-refractivity contribution >= 4 is 17.5 Å². The third kappa shape index (κ3) is 4.59. The number of ether oxygens (including phenoxy) is 2. The summed E-state index contributed by atoms with van der Waals surface area (Å²) in [6.45, 7) is 0. The van der Waals surface area contributed by atoms with Gasteiger partial charge in [-0.1, -0.05) is 42.6 Å². The Bertz CT molecular complexity index is 809. The first-order chi connectivity index (χ1) is 13.5. The number of aliphatic hydroxyl groups is 1. The molecular formula is C22H26ClNO4. The van der Waals surface area contributed by atoms with E-state index in [1.807, 2.05) is 18.2 Å². The van der Waals surface area contributed by atoms with Crippen molar-refractivity contribution in [1.82, 2.24) is 5.32 Å². The Kier molecular flexibility index (Phi) is 6.81. The predicted octanol–water partition coefficient (Wildman–Crippen LogP) is 4.23. The average molecular weight is 404 g/mol. The second kappa shape index (κ2) is 9.30. The molecule has 0 aromatic heterocycles. The topological polar surface area (TPSA) is 67.8 Å². The number of nitrogens with one attached hydrogen (secondary N) is 1. The number of amides is 1. The van der Waals surface area contributed by atoms with Gasteiger partial charge in [0.05, 0.1) is 14.2 Å². The van der Waals surface area contributed by atoms with Gasteiger partial charge < -0.3 is 19.9 Å². The van der Waals surface area contributed by atoms with Crippen LogP contribution in [0.2, 0.25) is 5.02 Å². The van der Waals surface area contributed by atoms with Crippen molar-refractivity contribution in [2.75, 3.05) is 14.2 Å². The average Bonchev–Trinajstić information content (AvgIpc) is 2.73. The minimum absolute atomic E-state index is 0.0405. The molecule has 150 valence electrons. The van der Waals surface area contributed by atoms with Crippen LogP contribution < -0.4 is 14.8 Å². The number of hydrogen-bond acceptors (Lipinski definition) is 4. The summed E-state index contributed by atoms with van der Waals surface area (Å²) in [5, 5.41) is 14.0. The van der Waals surface area contributed by atoms with E-state index in [4.69, 9.17) is 21.1 Å². The molecule has 1 aliphatic rings. The van der Waals surface area contributed by atoms with E-state index in [-0.39, 0.29) is 17.9 Å². The number of carbonyl (C=O) groups is 1. The van der Waals surface area contributed by atoms with Crippen LogP contribution in [-0.4, -0.2) is 31.3 Å². The third-order valence-electron chi connectivity index (χ3n) is 5.36. The lowest BCUT2D eigenvalue weighted by molar-refractivity contribution is -0.130. The van der Waals surface area contributed by atoms with Crippen LogP contribution in [-0.2, 0) is 4.79 Å². The maximum Gasteiger partial charge on any atom is 0.253 e. The largest absolute Gasteiger partial charge is 0.493 e. The quantitative estimate of drug-likeness (QED) is 0.757. The summed E-state index contributed by atoms with van der Waals surface area (Å²) in [7, 11) is 3.23. The van der Waals surface area contributed by atoms with E-state index in [9.17, 15) is 9.90 Å². The number of aliphatic hydroxyl groups excluding tert-OH is 1. The van der Waals surface area contributed by atoms with Gasteiger partial charge in [0, 0.05) is 17.0 Å². The number of rotatable bonds is 6. The lowest BCUT2D eigenvalue weighted by Gasteiger charge is -2.33. The maximum atomic E-state index is 12.7. The number of methoxy groups -OCH3 is 2. The molecule has 0 aliphatic heterocycles. The monoisotopic (exact) mass is 403 g/mol. The van der Waals surface area contributed by atoms with Crippen LogP contribution in [0.3, 0.4) is 0 Å². The van der Waals surface area contributed by atoms with Crippen LogP contribution >= 0.6 is 11.6 Å². The highest BCUT2D eigenvalue weighted by molar-refractivity contribution is 6.30. The van der Waals surface area contributed by atoms with Crippen molar-refractivity contribution in [3.05, 3.63) is 58.6 Å². The summed E-state index contributed by atoms with van der Waals surface area (Å²) in [5.74, 6) is 1.13. The molecule has 5 nitrogen and oxygen atoms in total. The van der Waals surface area contributed by atoms with Crippen LogP contribution in [0.25, 0.3) is 0 Å². The Hall–Kier alpha value is -2.24. The molecule has 3 atom stereocenters. The van der Waals surface area contributed by atoms with Crippen molar-refractivity contribution in [1.29, 1.82) is 0 Å². The van der Waals surface area contributed by atoms with Crippen LogP contribution in [0.15, 0.2) is 42.5 Å². The highest BCUT2D eigenvalue weighted by Gasteiger charge is 2.30. The van der Waals surface area contributed by atoms with Gasteiger partial charge in [-0.25, -0.2) is 0 Å². The van der Waals surface area contributed by atoms with Crippen molar-refractivity contribution in [3.8, 4) is 11.5 Å². The SMILES string of the molecule is COc1ccc([C@H]2CCCC[C@@H]2NC(=O)C(O)c2ccc(Cl)cc2)cc1OC. The third-order valence-corrected chi connectivity index (χ3v) is 5.62. The molecule has 2 aromatic rings. The summed E-state index contributed by atoms with van der Waals surface area (Å²) in [5.41, 5.74) is 1.63. The number of carbonyl (C=O) groups excluding carboxylic acids is 1. The molecule has 3 rings (SSSR count). The van der Waals surface area contributed by atoms with Crippen molar-refractivity contribution in [3.63, 3.8) is 0 Å². The molecule has 1 fully saturated rings. The van der Waals surface area contributed by atoms with E-state index >= 15 is 0 Å². The highest BCUT2D eigenvalue weighted by Crippen LogP contribution is 2.37. The lowest BCUT2D eigenvalue weighted by atomic mass is 9.79. The molecule has 0 bridgehead atoms. The number of halogens is 1. The van der Waals surface area contributed by atoms with Crippen LogP contribution in [0.4, 0.5) is 0 Å². The summed E-state index contributed by atoms with van der Waals surface area (Å²) in [4.78, 5) is 12.7. The second-order valence-electron chi connectivity index (χ2n) is 7.07. The van der Waals surface area contributed by atoms with E-state index in [1.54, 1.807) is 38.5 Å². The lowest BCUT2D eigenvalue weighted by Crippen LogP contribution is -2.43. The molecule has 0 spiro atoms. The molecule has 2 N–H and O–H groups in total. The minimum Gasteiger partial charge on any atom is -0.493 e. The Balaban J connectivity index is 1.76. The van der Waals surface area contributed by atoms with Crippen LogP contribution in [0.5, 0.6) is 11.5 Å². The van der Waals surface area contributed by atoms with Crippen molar-refractivity contribution in [2.45, 2.75) is 43.7 Å². The molecule has 1 unspecified atom stereocenters. The van der Waals surface area contributed by atoms with E-state index in [1.165, 1.54) is 0 Å². The summed E-state index contributed by atoms with van der Waals surface area (Å²) < 4.78 is 10.7. The molecule has 0 saturated heterocycles. The van der Waals surface area contributed by atoms with Gasteiger partial charge in [0.2, 0.25) is 0 Å². The smallest absolute Gasteiger partial charge is 0.253 e. The first kappa shape index (κ1) is 20.5. The van der Waals surface area contributed by atoms with Crippen LogP contribution in [0.1, 0.15) is 48.8 Å². The Morgan fingerprint density at radius 2 is 1.75 bits per heavy atom. The van der Waals surface area contributed by atoms with Gasteiger partial charge in [0.15, 0.2) is 17.6 Å². The first-order valence-corrected chi connectivity index (χ1v) is 9.87. The molecule has 1 amide bonds. The number of benzene rings is 2. The van der Waals surface area contributed by atoms with Gasteiger partial charge in [-0.2, -0.15) is 0 Å². The molecule has 1 saturated carbocycles. The molecule has 28 heavy (non-hydrogen) atoms. The van der Waals surface area contributed by atoms with E-state index in [0.717, 1.165) is 31.2 Å². The minimum atomic E-state index is -1.22. The molecule has 6 heteroatoms. The van der Waals surface area contributed by atoms with Crippen LogP contribution in [0, 0.1) is 0 Å². The fraction of sp³-hybridized carbons (Fsp3) is 0.409. The van der Waals surface area contributed by atoms with Gasteiger partial charge in [-0.3, -0.25) is 4.79 Å². The van der Waals surface area contributed by atoms with Gasteiger partial charge in [0.1, 0.15) is 0 Å². The summed E-state index contributed by atoms with van der Waals surface area (Å²) in [6, 6.07) is 12.5. The Labute approximate surface area is 170 Å².